The number of hydrogen-bond acceptors (Lipinski definition) is 7. The van der Waals surface area contributed by atoms with Gasteiger partial charge >= 0.3 is 0 Å². The molecule has 0 saturated heterocycles. The third-order valence-corrected chi connectivity index (χ3v) is 6.20. The lowest BCUT2D eigenvalue weighted by Crippen LogP contribution is -2.14. The van der Waals surface area contributed by atoms with Crippen molar-refractivity contribution < 1.29 is 22.9 Å². The van der Waals surface area contributed by atoms with Crippen LogP contribution in [-0.2, 0) is 20.2 Å². The van der Waals surface area contributed by atoms with Crippen LogP contribution < -0.4 is 16.9 Å². The summed E-state index contributed by atoms with van der Waals surface area (Å²) in [5, 5.41) is 14.2. The molecule has 0 aliphatic heterocycles. The molecule has 0 spiro atoms. The molecule has 11 heteroatoms. The fraction of sp³-hybridized carbons (Fsp3) is 0.0435. The summed E-state index contributed by atoms with van der Waals surface area (Å²) in [6, 6.07) is 18.0. The molecule has 6 N–H and O–H groups in total. The van der Waals surface area contributed by atoms with Gasteiger partial charge in [-0.15, -0.1) is 12.6 Å². The number of rotatable bonds is 7. The van der Waals surface area contributed by atoms with Crippen LogP contribution in [0.3, 0.4) is 0 Å². The minimum absolute atomic E-state index is 0.0700. The van der Waals surface area contributed by atoms with Crippen molar-refractivity contribution in [2.75, 3.05) is 5.32 Å². The van der Waals surface area contributed by atoms with Crippen LogP contribution in [0.5, 0.6) is 0 Å². The van der Waals surface area contributed by atoms with Crippen LogP contribution in [0.1, 0.15) is 18.1 Å². The first kappa shape index (κ1) is 25.1. The molecular weight excluding hydrogens is 479 g/mol. The highest BCUT2D eigenvalue weighted by Crippen LogP contribution is 2.32. The van der Waals surface area contributed by atoms with Crippen molar-refractivity contribution >= 4 is 46.7 Å². The van der Waals surface area contributed by atoms with Crippen molar-refractivity contribution in [2.45, 2.75) is 16.7 Å². The molecule has 8 nitrogen and oxygen atoms in total. The molecule has 176 valence electrons. The largest absolute Gasteiger partial charge is 0.409 e. The van der Waals surface area contributed by atoms with Crippen LogP contribution in [0.4, 0.5) is 10.1 Å². The number of amidine groups is 1. The van der Waals surface area contributed by atoms with E-state index in [1.807, 2.05) is 0 Å². The number of nitrogens with two attached hydrogens (primary N) is 2. The summed E-state index contributed by atoms with van der Waals surface area (Å²) in [5.41, 5.74) is 7.95. The highest BCUT2D eigenvalue weighted by Gasteiger charge is 2.17. The van der Waals surface area contributed by atoms with E-state index in [0.717, 1.165) is 0 Å². The van der Waals surface area contributed by atoms with E-state index >= 15 is 0 Å². The number of amides is 1. The van der Waals surface area contributed by atoms with Gasteiger partial charge in [-0.2, -0.15) is 10.2 Å². The number of anilines is 1. The number of oxime groups is 1. The molecule has 0 aromatic heterocycles. The Morgan fingerprint density at radius 2 is 1.82 bits per heavy atom. The van der Waals surface area contributed by atoms with Gasteiger partial charge in [0.25, 0.3) is 5.91 Å². The van der Waals surface area contributed by atoms with Gasteiger partial charge in [0.15, 0.2) is 11.7 Å². The standard InChI is InChI=1S/C23H21FN4O4S2/c1-13(14-5-4-6-16(11-14)22(25)28-30)21(24)23(29)27-18-10-9-15(12-19(18)33)17-7-2-3-8-20(17)34(31)32-26/h2-12,30,33H,26H2,1H3,(H2,25,28)(H,27,29). The number of thiol groups is 1. The quantitative estimate of drug-likeness (QED) is 0.0830. The molecule has 3 aromatic rings. The second-order valence-corrected chi connectivity index (χ2v) is 8.60. The molecule has 3 rings (SSSR count). The van der Waals surface area contributed by atoms with E-state index in [1.165, 1.54) is 13.0 Å². The van der Waals surface area contributed by atoms with Crippen LogP contribution in [0.2, 0.25) is 0 Å². The molecule has 0 fully saturated rings. The SMILES string of the molecule is CC(=C(F)C(=O)Nc1ccc(-c2ccccc2S(=O)ON)cc1S)c1cccc(C(N)=NO)c1. The molecule has 0 heterocycles. The van der Waals surface area contributed by atoms with Gasteiger partial charge in [0.1, 0.15) is 0 Å². The van der Waals surface area contributed by atoms with E-state index in [2.05, 4.69) is 27.4 Å². The molecule has 0 radical (unpaired) electrons. The highest BCUT2D eigenvalue weighted by molar-refractivity contribution is 7.80. The highest BCUT2D eigenvalue weighted by atomic mass is 32.2. The number of hydrogen-bond donors (Lipinski definition) is 5. The van der Waals surface area contributed by atoms with Crippen LogP contribution >= 0.6 is 12.6 Å². The summed E-state index contributed by atoms with van der Waals surface area (Å²) >= 11 is 2.54. The molecule has 34 heavy (non-hydrogen) atoms. The van der Waals surface area contributed by atoms with Crippen LogP contribution in [0.15, 0.2) is 87.5 Å². The second-order valence-electron chi connectivity index (χ2n) is 7.02. The first-order chi connectivity index (χ1) is 16.3. The summed E-state index contributed by atoms with van der Waals surface area (Å²) < 4.78 is 31.4. The number of carbonyl (C=O) groups excluding carboxylic acids is 1. The number of nitrogens with zero attached hydrogens (tertiary/aromatic N) is 1. The van der Waals surface area contributed by atoms with Gasteiger partial charge in [0, 0.05) is 16.0 Å². The van der Waals surface area contributed by atoms with Crippen molar-refractivity contribution in [3.05, 3.63) is 83.7 Å². The Bertz CT molecular complexity index is 1330. The Morgan fingerprint density at radius 1 is 1.12 bits per heavy atom. The van der Waals surface area contributed by atoms with E-state index in [9.17, 15) is 13.4 Å². The fourth-order valence-electron chi connectivity index (χ4n) is 3.15. The van der Waals surface area contributed by atoms with E-state index < -0.39 is 22.8 Å². The van der Waals surface area contributed by atoms with Crippen molar-refractivity contribution in [1.82, 2.24) is 0 Å². The molecule has 0 aliphatic carbocycles. The van der Waals surface area contributed by atoms with Gasteiger partial charge in [-0.25, -0.2) is 8.60 Å². The van der Waals surface area contributed by atoms with Crippen molar-refractivity contribution in [2.24, 2.45) is 16.8 Å². The number of allylic oxidation sites excluding steroid dienone is 1. The van der Waals surface area contributed by atoms with Crippen molar-refractivity contribution in [3.63, 3.8) is 0 Å². The first-order valence-electron chi connectivity index (χ1n) is 9.74. The van der Waals surface area contributed by atoms with Crippen LogP contribution in [-0.4, -0.2) is 21.2 Å². The smallest absolute Gasteiger partial charge is 0.284 e. The zero-order valence-corrected chi connectivity index (χ0v) is 19.6. The van der Waals surface area contributed by atoms with Gasteiger partial charge in [-0.3, -0.25) is 4.79 Å². The first-order valence-corrected chi connectivity index (χ1v) is 11.3. The molecule has 0 aliphatic rings. The molecular formula is C23H21FN4O4S2. The number of benzene rings is 3. The lowest BCUT2D eigenvalue weighted by atomic mass is 10.0. The Balaban J connectivity index is 1.87. The number of halogens is 1. The van der Waals surface area contributed by atoms with Gasteiger partial charge in [-0.1, -0.05) is 47.6 Å². The van der Waals surface area contributed by atoms with E-state index in [1.54, 1.807) is 60.7 Å². The Labute approximate surface area is 203 Å². The topological polar surface area (TPSA) is 140 Å². The van der Waals surface area contributed by atoms with E-state index in [4.69, 9.17) is 16.8 Å². The lowest BCUT2D eigenvalue weighted by Gasteiger charge is -2.12. The summed E-state index contributed by atoms with van der Waals surface area (Å²) in [6.45, 7) is 1.45. The predicted octanol–water partition coefficient (Wildman–Crippen LogP) is 3.99. The monoisotopic (exact) mass is 500 g/mol. The van der Waals surface area contributed by atoms with E-state index in [0.29, 0.717) is 32.0 Å². The normalized spacial score (nSPS) is 13.2. The summed E-state index contributed by atoms with van der Waals surface area (Å²) in [4.78, 5) is 13.3. The Morgan fingerprint density at radius 3 is 2.50 bits per heavy atom. The zero-order chi connectivity index (χ0) is 24.8. The Hall–Kier alpha value is -3.51. The molecule has 0 bridgehead atoms. The third kappa shape index (κ3) is 5.51. The third-order valence-electron chi connectivity index (χ3n) is 4.94. The fourth-order valence-corrected chi connectivity index (χ4v) is 4.08. The maximum absolute atomic E-state index is 14.9. The van der Waals surface area contributed by atoms with Crippen LogP contribution in [0.25, 0.3) is 16.7 Å². The summed E-state index contributed by atoms with van der Waals surface area (Å²) in [7, 11) is 0. The maximum Gasteiger partial charge on any atom is 0.284 e. The van der Waals surface area contributed by atoms with Crippen LogP contribution in [0, 0.1) is 0 Å². The van der Waals surface area contributed by atoms with Gasteiger partial charge < -0.3 is 16.3 Å². The summed E-state index contributed by atoms with van der Waals surface area (Å²) in [5.74, 6) is 2.95. The van der Waals surface area contributed by atoms with Crippen molar-refractivity contribution in [1.29, 1.82) is 0 Å². The molecule has 3 aromatic carbocycles. The number of nitrogens with one attached hydrogen (secondary N) is 1. The maximum atomic E-state index is 14.9. The average Bonchev–Trinajstić information content (AvgIpc) is 2.87. The van der Waals surface area contributed by atoms with Gasteiger partial charge in [0.05, 0.1) is 10.6 Å². The summed E-state index contributed by atoms with van der Waals surface area (Å²) in [6.07, 6.45) is 0. The second kappa shape index (κ2) is 11.1. The molecule has 0 saturated carbocycles. The lowest BCUT2D eigenvalue weighted by molar-refractivity contribution is -0.114. The zero-order valence-electron chi connectivity index (χ0n) is 17.9. The molecule has 1 unspecified atom stereocenters. The Kier molecular flexibility index (Phi) is 8.18. The van der Waals surface area contributed by atoms with Gasteiger partial charge in [0.2, 0.25) is 11.1 Å². The molecule has 1 atom stereocenters. The average molecular weight is 501 g/mol. The van der Waals surface area contributed by atoms with Gasteiger partial charge in [-0.05, 0) is 47.9 Å². The minimum Gasteiger partial charge on any atom is -0.409 e. The minimum atomic E-state index is -1.86. The number of carbonyl (C=O) groups is 1. The van der Waals surface area contributed by atoms with Crippen molar-refractivity contribution in [3.8, 4) is 11.1 Å². The predicted molar refractivity (Wildman–Crippen MR) is 132 cm³/mol. The molecule has 1 amide bonds. The van der Waals surface area contributed by atoms with E-state index in [-0.39, 0.29) is 17.1 Å².